The lowest BCUT2D eigenvalue weighted by molar-refractivity contribution is -0.125. The van der Waals surface area contributed by atoms with Gasteiger partial charge in [-0.1, -0.05) is 30.3 Å². The second-order valence-electron chi connectivity index (χ2n) is 8.46. The van der Waals surface area contributed by atoms with Crippen LogP contribution in [0.15, 0.2) is 72.8 Å². The van der Waals surface area contributed by atoms with Crippen molar-refractivity contribution in [3.63, 3.8) is 0 Å². The summed E-state index contributed by atoms with van der Waals surface area (Å²) >= 11 is 0. The fraction of sp³-hybridized carbons (Fsp3) is 0.286. The number of carbonyl (C=O) groups excluding carboxylic acids is 2. The fourth-order valence-electron chi connectivity index (χ4n) is 4.51. The zero-order valence-electron chi connectivity index (χ0n) is 20.2. The second kappa shape index (κ2) is 11.0. The third kappa shape index (κ3) is 5.40. The van der Waals surface area contributed by atoms with E-state index in [1.165, 1.54) is 0 Å². The van der Waals surface area contributed by atoms with Crippen LogP contribution < -0.4 is 19.5 Å². The summed E-state index contributed by atoms with van der Waals surface area (Å²) in [5.41, 5.74) is 2.41. The van der Waals surface area contributed by atoms with Gasteiger partial charge < -0.3 is 24.4 Å². The first kappa shape index (κ1) is 24.1. The van der Waals surface area contributed by atoms with Crippen LogP contribution in [0.4, 0.5) is 0 Å². The SMILES string of the molecule is COc1ccc(C(=O)N2C[C@H](C(=O)NCc3ccccc3)[C@@H](c3cc(OC)ccc3OC)C2)cc1. The Hall–Kier alpha value is -4.00. The van der Waals surface area contributed by atoms with Crippen molar-refractivity contribution in [2.75, 3.05) is 34.4 Å². The molecule has 3 aromatic carbocycles. The van der Waals surface area contributed by atoms with Gasteiger partial charge in [0.1, 0.15) is 17.2 Å². The van der Waals surface area contributed by atoms with Crippen LogP contribution in [-0.2, 0) is 11.3 Å². The minimum Gasteiger partial charge on any atom is -0.497 e. The lowest BCUT2D eigenvalue weighted by Crippen LogP contribution is -2.35. The molecule has 1 aliphatic rings. The van der Waals surface area contributed by atoms with Crippen LogP contribution in [0.2, 0.25) is 0 Å². The molecule has 0 spiro atoms. The van der Waals surface area contributed by atoms with Crippen molar-refractivity contribution >= 4 is 11.8 Å². The van der Waals surface area contributed by atoms with Crippen LogP contribution in [-0.4, -0.2) is 51.1 Å². The molecule has 7 nitrogen and oxygen atoms in total. The molecule has 1 saturated heterocycles. The van der Waals surface area contributed by atoms with Crippen molar-refractivity contribution in [1.82, 2.24) is 10.2 Å². The summed E-state index contributed by atoms with van der Waals surface area (Å²) in [6, 6.07) is 22.3. The number of ether oxygens (including phenoxy) is 3. The Balaban J connectivity index is 1.61. The highest BCUT2D eigenvalue weighted by molar-refractivity contribution is 5.95. The third-order valence-corrected chi connectivity index (χ3v) is 6.43. The average molecular weight is 475 g/mol. The molecule has 2 amide bonds. The Bertz CT molecular complexity index is 1160. The molecule has 182 valence electrons. The van der Waals surface area contributed by atoms with Gasteiger partial charge in [0, 0.05) is 36.7 Å². The second-order valence-corrected chi connectivity index (χ2v) is 8.46. The number of nitrogens with zero attached hydrogens (tertiary/aromatic N) is 1. The zero-order valence-corrected chi connectivity index (χ0v) is 20.2. The van der Waals surface area contributed by atoms with Crippen molar-refractivity contribution in [2.45, 2.75) is 12.5 Å². The Morgan fingerprint density at radius 1 is 0.857 bits per heavy atom. The minimum atomic E-state index is -0.443. The molecule has 1 aliphatic heterocycles. The zero-order chi connectivity index (χ0) is 24.8. The van der Waals surface area contributed by atoms with Crippen LogP contribution in [0.5, 0.6) is 17.2 Å². The first-order valence-electron chi connectivity index (χ1n) is 11.5. The van der Waals surface area contributed by atoms with E-state index in [-0.39, 0.29) is 17.7 Å². The van der Waals surface area contributed by atoms with E-state index in [2.05, 4.69) is 5.32 Å². The van der Waals surface area contributed by atoms with Gasteiger partial charge in [-0.05, 0) is 48.0 Å². The van der Waals surface area contributed by atoms with Gasteiger partial charge >= 0.3 is 0 Å². The van der Waals surface area contributed by atoms with Gasteiger partial charge in [-0.25, -0.2) is 0 Å². The van der Waals surface area contributed by atoms with E-state index in [0.717, 1.165) is 11.1 Å². The number of hydrogen-bond acceptors (Lipinski definition) is 5. The third-order valence-electron chi connectivity index (χ3n) is 6.43. The Kier molecular flexibility index (Phi) is 7.55. The molecule has 35 heavy (non-hydrogen) atoms. The number of methoxy groups -OCH3 is 3. The molecule has 0 saturated carbocycles. The molecule has 4 rings (SSSR count). The highest BCUT2D eigenvalue weighted by Crippen LogP contribution is 2.40. The number of carbonyl (C=O) groups is 2. The standard InChI is InChI=1S/C28H30N2O5/c1-33-21-11-9-20(10-12-21)28(32)30-17-24(23-15-22(34-2)13-14-26(23)35-3)25(18-30)27(31)29-16-19-7-5-4-6-8-19/h4-15,24-25H,16-18H2,1-3H3,(H,29,31)/t24-,25+/m1/s1. The van der Waals surface area contributed by atoms with Crippen LogP contribution in [0.25, 0.3) is 0 Å². The largest absolute Gasteiger partial charge is 0.497 e. The maximum Gasteiger partial charge on any atom is 0.253 e. The fourth-order valence-corrected chi connectivity index (χ4v) is 4.51. The summed E-state index contributed by atoms with van der Waals surface area (Å²) < 4.78 is 16.3. The molecule has 0 aromatic heterocycles. The molecule has 0 radical (unpaired) electrons. The predicted octanol–water partition coefficient (Wildman–Crippen LogP) is 3.88. The molecule has 1 N–H and O–H groups in total. The topological polar surface area (TPSA) is 77.1 Å². The van der Waals surface area contributed by atoms with E-state index in [1.807, 2.05) is 48.5 Å². The van der Waals surface area contributed by atoms with E-state index < -0.39 is 5.92 Å². The molecular formula is C28H30N2O5. The van der Waals surface area contributed by atoms with Crippen LogP contribution >= 0.6 is 0 Å². The van der Waals surface area contributed by atoms with E-state index in [0.29, 0.717) is 42.4 Å². The quantitative estimate of drug-likeness (QED) is 0.536. The molecule has 7 heteroatoms. The van der Waals surface area contributed by atoms with E-state index in [9.17, 15) is 9.59 Å². The molecule has 0 aliphatic carbocycles. The number of amides is 2. The van der Waals surface area contributed by atoms with Gasteiger partial charge in [0.25, 0.3) is 5.91 Å². The van der Waals surface area contributed by atoms with Crippen molar-refractivity contribution < 1.29 is 23.8 Å². The van der Waals surface area contributed by atoms with E-state index in [1.54, 1.807) is 50.5 Å². The molecule has 3 aromatic rings. The van der Waals surface area contributed by atoms with Crippen molar-refractivity contribution in [3.8, 4) is 17.2 Å². The molecule has 2 atom stereocenters. The normalized spacial score (nSPS) is 17.1. The maximum absolute atomic E-state index is 13.4. The van der Waals surface area contributed by atoms with Crippen molar-refractivity contribution in [3.05, 3.63) is 89.5 Å². The number of hydrogen-bond donors (Lipinski definition) is 1. The van der Waals surface area contributed by atoms with Gasteiger partial charge in [0.05, 0.1) is 27.2 Å². The Morgan fingerprint density at radius 3 is 2.20 bits per heavy atom. The summed E-state index contributed by atoms with van der Waals surface area (Å²) in [5.74, 6) is 1.09. The summed E-state index contributed by atoms with van der Waals surface area (Å²) in [5, 5.41) is 3.06. The summed E-state index contributed by atoms with van der Waals surface area (Å²) in [7, 11) is 4.79. The van der Waals surface area contributed by atoms with Gasteiger partial charge in [0.2, 0.25) is 5.91 Å². The highest BCUT2D eigenvalue weighted by atomic mass is 16.5. The lowest BCUT2D eigenvalue weighted by atomic mass is 9.87. The van der Waals surface area contributed by atoms with Gasteiger partial charge in [0.15, 0.2) is 0 Å². The Labute approximate surface area is 205 Å². The monoisotopic (exact) mass is 474 g/mol. The smallest absolute Gasteiger partial charge is 0.253 e. The molecule has 0 unspecified atom stereocenters. The first-order valence-corrected chi connectivity index (χ1v) is 11.5. The van der Waals surface area contributed by atoms with Crippen molar-refractivity contribution in [2.24, 2.45) is 5.92 Å². The van der Waals surface area contributed by atoms with Crippen LogP contribution in [0.1, 0.15) is 27.4 Å². The maximum atomic E-state index is 13.4. The number of nitrogens with one attached hydrogen (secondary N) is 1. The number of likely N-dealkylation sites (tertiary alicyclic amines) is 1. The lowest BCUT2D eigenvalue weighted by Gasteiger charge is -2.21. The predicted molar refractivity (Wildman–Crippen MR) is 133 cm³/mol. The van der Waals surface area contributed by atoms with Crippen LogP contribution in [0, 0.1) is 5.92 Å². The molecular weight excluding hydrogens is 444 g/mol. The highest BCUT2D eigenvalue weighted by Gasteiger charge is 2.42. The molecule has 0 bridgehead atoms. The van der Waals surface area contributed by atoms with Crippen molar-refractivity contribution in [1.29, 1.82) is 0 Å². The van der Waals surface area contributed by atoms with E-state index >= 15 is 0 Å². The molecule has 1 fully saturated rings. The summed E-state index contributed by atoms with van der Waals surface area (Å²) in [6.45, 7) is 1.11. The molecule has 1 heterocycles. The average Bonchev–Trinajstić information content (AvgIpc) is 3.37. The first-order chi connectivity index (χ1) is 17.0. The number of benzene rings is 3. The summed E-state index contributed by atoms with van der Waals surface area (Å²) in [6.07, 6.45) is 0. The Morgan fingerprint density at radius 2 is 1.54 bits per heavy atom. The number of rotatable bonds is 8. The van der Waals surface area contributed by atoms with Gasteiger partial charge in [-0.2, -0.15) is 0 Å². The van der Waals surface area contributed by atoms with Gasteiger partial charge in [-0.3, -0.25) is 9.59 Å². The summed E-state index contributed by atoms with van der Waals surface area (Å²) in [4.78, 5) is 28.5. The van der Waals surface area contributed by atoms with Crippen LogP contribution in [0.3, 0.4) is 0 Å². The van der Waals surface area contributed by atoms with Gasteiger partial charge in [-0.15, -0.1) is 0 Å². The minimum absolute atomic E-state index is 0.103. The van der Waals surface area contributed by atoms with E-state index in [4.69, 9.17) is 14.2 Å².